The molecule has 0 N–H and O–H groups in total. The average molecular weight is 222 g/mol. The molecule has 0 fully saturated rings. The summed E-state index contributed by atoms with van der Waals surface area (Å²) in [7, 11) is 0. The number of thioether (sulfide) groups is 1. The van der Waals surface area contributed by atoms with Gasteiger partial charge in [0.15, 0.2) is 0 Å². The van der Waals surface area contributed by atoms with Crippen LogP contribution in [0.4, 0.5) is 0 Å². The number of hydrogen-bond acceptors (Lipinski definition) is 1. The lowest BCUT2D eigenvalue weighted by Crippen LogP contribution is -2.14. The van der Waals surface area contributed by atoms with Crippen molar-refractivity contribution in [2.24, 2.45) is 10.8 Å². The molecule has 84 valence electrons. The summed E-state index contributed by atoms with van der Waals surface area (Å²) in [4.78, 5) is 2.83. The van der Waals surface area contributed by atoms with Crippen LogP contribution in [0.1, 0.15) is 41.5 Å². The SMILES string of the molecule is C=C1C=C(C(C)(C)C)SC(C(C)(C)C)=C1. The van der Waals surface area contributed by atoms with Gasteiger partial charge in [0, 0.05) is 0 Å². The molecule has 1 aliphatic heterocycles. The zero-order chi connectivity index (χ0) is 11.9. The lowest BCUT2D eigenvalue weighted by molar-refractivity contribution is 0.521. The molecule has 0 saturated carbocycles. The van der Waals surface area contributed by atoms with Gasteiger partial charge in [0.2, 0.25) is 0 Å². The highest BCUT2D eigenvalue weighted by molar-refractivity contribution is 8.06. The predicted octanol–water partition coefficient (Wildman–Crippen LogP) is 5.15. The lowest BCUT2D eigenvalue weighted by Gasteiger charge is -2.31. The first-order valence-electron chi connectivity index (χ1n) is 5.42. The summed E-state index contributed by atoms with van der Waals surface area (Å²) in [5.41, 5.74) is 1.57. The van der Waals surface area contributed by atoms with Crippen molar-refractivity contribution in [1.29, 1.82) is 0 Å². The normalized spacial score (nSPS) is 18.7. The maximum Gasteiger partial charge on any atom is -0.00460 e. The Morgan fingerprint density at radius 3 is 1.47 bits per heavy atom. The van der Waals surface area contributed by atoms with Crippen LogP contribution in [0.2, 0.25) is 0 Å². The standard InChI is InChI=1S/C14H22S/c1-10-8-11(13(2,3)4)15-12(9-10)14(5,6)7/h8-9H,1H2,2-7H3. The zero-order valence-electron chi connectivity index (χ0n) is 10.8. The first-order chi connectivity index (χ1) is 6.60. The lowest BCUT2D eigenvalue weighted by atomic mass is 9.92. The van der Waals surface area contributed by atoms with E-state index in [2.05, 4.69) is 60.3 Å². The van der Waals surface area contributed by atoms with Gasteiger partial charge in [-0.25, -0.2) is 0 Å². The van der Waals surface area contributed by atoms with Gasteiger partial charge < -0.3 is 0 Å². The van der Waals surface area contributed by atoms with Crippen molar-refractivity contribution in [2.75, 3.05) is 0 Å². The highest BCUT2D eigenvalue weighted by Gasteiger charge is 2.27. The fourth-order valence-electron chi connectivity index (χ4n) is 1.30. The quantitative estimate of drug-likeness (QED) is 0.546. The van der Waals surface area contributed by atoms with Crippen LogP contribution < -0.4 is 0 Å². The molecule has 0 aromatic rings. The molecule has 0 aromatic heterocycles. The van der Waals surface area contributed by atoms with Crippen molar-refractivity contribution in [3.63, 3.8) is 0 Å². The molecule has 0 bridgehead atoms. The smallest absolute Gasteiger partial charge is 0.00460 e. The van der Waals surface area contributed by atoms with E-state index in [1.54, 1.807) is 0 Å². The molecule has 1 aliphatic rings. The molecule has 0 saturated heterocycles. The summed E-state index contributed by atoms with van der Waals surface area (Å²) < 4.78 is 0. The molecule has 0 spiro atoms. The third-order valence-corrected chi connectivity index (χ3v) is 4.23. The fraction of sp³-hybridized carbons (Fsp3) is 0.571. The Morgan fingerprint density at radius 2 is 1.20 bits per heavy atom. The number of rotatable bonds is 0. The van der Waals surface area contributed by atoms with E-state index in [9.17, 15) is 0 Å². The Labute approximate surface area is 98.5 Å². The van der Waals surface area contributed by atoms with E-state index in [0.29, 0.717) is 0 Å². The van der Waals surface area contributed by atoms with Crippen molar-refractivity contribution in [3.05, 3.63) is 34.1 Å². The molecular weight excluding hydrogens is 200 g/mol. The van der Waals surface area contributed by atoms with Gasteiger partial charge in [-0.1, -0.05) is 59.9 Å². The van der Waals surface area contributed by atoms with Crippen LogP contribution >= 0.6 is 11.8 Å². The van der Waals surface area contributed by atoms with Gasteiger partial charge in [0.1, 0.15) is 0 Å². The van der Waals surface area contributed by atoms with Gasteiger partial charge >= 0.3 is 0 Å². The first kappa shape index (κ1) is 12.6. The monoisotopic (exact) mass is 222 g/mol. The highest BCUT2D eigenvalue weighted by Crippen LogP contribution is 2.48. The number of hydrogen-bond donors (Lipinski definition) is 0. The van der Waals surface area contributed by atoms with E-state index in [4.69, 9.17) is 0 Å². The van der Waals surface area contributed by atoms with Gasteiger partial charge in [-0.3, -0.25) is 0 Å². The Bertz CT molecular complexity index is 297. The van der Waals surface area contributed by atoms with Crippen LogP contribution in [0.5, 0.6) is 0 Å². The molecule has 0 unspecified atom stereocenters. The molecule has 0 atom stereocenters. The molecule has 1 rings (SSSR count). The largest absolute Gasteiger partial charge is 0.0978 e. The van der Waals surface area contributed by atoms with Gasteiger partial charge in [-0.2, -0.15) is 0 Å². The third-order valence-electron chi connectivity index (χ3n) is 2.33. The van der Waals surface area contributed by atoms with Crippen LogP contribution in [0.3, 0.4) is 0 Å². The number of allylic oxidation sites excluding steroid dienone is 5. The second-order valence-corrected chi connectivity index (χ2v) is 7.28. The van der Waals surface area contributed by atoms with E-state index in [1.807, 2.05) is 11.8 Å². The van der Waals surface area contributed by atoms with Crippen molar-refractivity contribution >= 4 is 11.8 Å². The molecule has 0 aliphatic carbocycles. The van der Waals surface area contributed by atoms with E-state index >= 15 is 0 Å². The van der Waals surface area contributed by atoms with Crippen LogP contribution in [0.15, 0.2) is 34.1 Å². The fourth-order valence-corrected chi connectivity index (χ4v) is 2.56. The predicted molar refractivity (Wildman–Crippen MR) is 71.8 cm³/mol. The second kappa shape index (κ2) is 3.86. The highest BCUT2D eigenvalue weighted by atomic mass is 32.2. The van der Waals surface area contributed by atoms with Gasteiger partial charge in [-0.15, -0.1) is 0 Å². The molecule has 0 amide bonds. The third kappa shape index (κ3) is 3.27. The minimum atomic E-state index is 0.221. The van der Waals surface area contributed by atoms with Crippen LogP contribution in [0.25, 0.3) is 0 Å². The van der Waals surface area contributed by atoms with Crippen LogP contribution in [-0.2, 0) is 0 Å². The van der Waals surface area contributed by atoms with Crippen molar-refractivity contribution in [2.45, 2.75) is 41.5 Å². The van der Waals surface area contributed by atoms with Crippen molar-refractivity contribution < 1.29 is 0 Å². The van der Waals surface area contributed by atoms with Crippen LogP contribution in [-0.4, -0.2) is 0 Å². The van der Waals surface area contributed by atoms with E-state index in [0.717, 1.165) is 5.57 Å². The van der Waals surface area contributed by atoms with E-state index in [1.165, 1.54) is 9.81 Å². The summed E-state index contributed by atoms with van der Waals surface area (Å²) in [6.45, 7) is 17.6. The molecule has 1 heterocycles. The van der Waals surface area contributed by atoms with Gasteiger partial charge in [0.05, 0.1) is 0 Å². The summed E-state index contributed by atoms with van der Waals surface area (Å²) in [5, 5.41) is 0. The Kier molecular flexibility index (Phi) is 3.25. The zero-order valence-corrected chi connectivity index (χ0v) is 11.6. The Morgan fingerprint density at radius 1 is 0.867 bits per heavy atom. The minimum absolute atomic E-state index is 0.221. The van der Waals surface area contributed by atoms with Crippen molar-refractivity contribution in [3.8, 4) is 0 Å². The summed E-state index contributed by atoms with van der Waals surface area (Å²) in [6.07, 6.45) is 4.42. The van der Waals surface area contributed by atoms with Crippen LogP contribution in [0, 0.1) is 10.8 Å². The topological polar surface area (TPSA) is 0 Å². The molecule has 0 aromatic carbocycles. The molecule has 15 heavy (non-hydrogen) atoms. The van der Waals surface area contributed by atoms with E-state index in [-0.39, 0.29) is 10.8 Å². The summed E-state index contributed by atoms with van der Waals surface area (Å²) >= 11 is 1.91. The molecule has 0 radical (unpaired) electrons. The van der Waals surface area contributed by atoms with Gasteiger partial charge in [-0.05, 0) is 38.4 Å². The Hall–Kier alpha value is -0.430. The summed E-state index contributed by atoms with van der Waals surface area (Å²) in [6, 6.07) is 0. The molecule has 0 nitrogen and oxygen atoms in total. The molecular formula is C14H22S. The summed E-state index contributed by atoms with van der Waals surface area (Å²) in [5.74, 6) is 0. The van der Waals surface area contributed by atoms with Gasteiger partial charge in [0.25, 0.3) is 0 Å². The maximum absolute atomic E-state index is 4.08. The van der Waals surface area contributed by atoms with Crippen molar-refractivity contribution in [1.82, 2.24) is 0 Å². The second-order valence-electron chi connectivity index (χ2n) is 6.19. The first-order valence-corrected chi connectivity index (χ1v) is 6.23. The maximum atomic E-state index is 4.08. The average Bonchev–Trinajstić information content (AvgIpc) is 1.99. The minimum Gasteiger partial charge on any atom is -0.0978 e. The Balaban J connectivity index is 3.00. The van der Waals surface area contributed by atoms with E-state index < -0.39 is 0 Å². The molecule has 1 heteroatoms.